The number of anilines is 2. The Labute approximate surface area is 214 Å². The molecule has 0 saturated carbocycles. The van der Waals surface area contributed by atoms with Gasteiger partial charge >= 0.3 is 18.0 Å². The van der Waals surface area contributed by atoms with Crippen LogP contribution in [0.25, 0.3) is 10.8 Å². The lowest BCUT2D eigenvalue weighted by molar-refractivity contribution is 0.0508. The van der Waals surface area contributed by atoms with Crippen LogP contribution in [0.3, 0.4) is 0 Å². The Morgan fingerprint density at radius 2 is 1.95 bits per heavy atom. The lowest BCUT2D eigenvalue weighted by Crippen LogP contribution is -2.22. The molecule has 4 N–H and O–H groups in total. The Balaban J connectivity index is 1.53. The number of fused-ring (bicyclic) bond motifs is 1. The van der Waals surface area contributed by atoms with Crippen molar-refractivity contribution in [2.75, 3.05) is 24.4 Å². The number of nitrogens with zero attached hydrogens (tertiary/aromatic N) is 2. The first-order chi connectivity index (χ1) is 18.3. The molecular weight excluding hydrogens is 501 g/mol. The summed E-state index contributed by atoms with van der Waals surface area (Å²) >= 11 is 0. The van der Waals surface area contributed by atoms with Crippen molar-refractivity contribution < 1.29 is 38.1 Å². The van der Waals surface area contributed by atoms with Gasteiger partial charge in [0.05, 0.1) is 19.4 Å². The fourth-order valence-electron chi connectivity index (χ4n) is 3.61. The van der Waals surface area contributed by atoms with Gasteiger partial charge in [0.25, 0.3) is 0 Å². The van der Waals surface area contributed by atoms with Gasteiger partial charge in [0, 0.05) is 29.9 Å². The SMILES string of the molecule is CCOC(=O)c1[nH]nc(NC(=O)Nc2cc(OCc3cccc4ccncc34)c(OC)cc2F)c1C(=O)O. The molecule has 2 heterocycles. The molecule has 0 radical (unpaired) electrons. The van der Waals surface area contributed by atoms with Crippen molar-refractivity contribution >= 4 is 40.2 Å². The molecule has 38 heavy (non-hydrogen) atoms. The molecule has 13 heteroatoms. The molecule has 0 atom stereocenters. The van der Waals surface area contributed by atoms with Gasteiger partial charge < -0.3 is 24.6 Å². The van der Waals surface area contributed by atoms with Crippen LogP contribution in [0.15, 0.2) is 48.8 Å². The van der Waals surface area contributed by atoms with Gasteiger partial charge in [-0.05, 0) is 23.9 Å². The maximum atomic E-state index is 14.7. The maximum absolute atomic E-state index is 14.7. The molecule has 0 aliphatic rings. The molecule has 2 amide bonds. The fraction of sp³-hybridized carbons (Fsp3) is 0.160. The minimum Gasteiger partial charge on any atom is -0.493 e. The number of methoxy groups -OCH3 is 1. The third-order valence-corrected chi connectivity index (χ3v) is 5.35. The van der Waals surface area contributed by atoms with E-state index in [0.717, 1.165) is 22.4 Å². The third-order valence-electron chi connectivity index (χ3n) is 5.35. The van der Waals surface area contributed by atoms with E-state index in [4.69, 9.17) is 14.2 Å². The molecule has 0 unspecified atom stereocenters. The second-order valence-electron chi connectivity index (χ2n) is 7.71. The third kappa shape index (κ3) is 5.46. The molecule has 2 aromatic heterocycles. The minimum atomic E-state index is -1.54. The molecule has 4 aromatic rings. The van der Waals surface area contributed by atoms with Crippen LogP contribution < -0.4 is 20.1 Å². The number of carboxylic acids is 1. The molecule has 0 fully saturated rings. The molecule has 196 valence electrons. The molecule has 4 rings (SSSR count). The lowest BCUT2D eigenvalue weighted by atomic mass is 10.1. The highest BCUT2D eigenvalue weighted by Gasteiger charge is 2.27. The number of hydrogen-bond donors (Lipinski definition) is 4. The number of aromatic carboxylic acids is 1. The van der Waals surface area contributed by atoms with Crippen LogP contribution in [-0.2, 0) is 11.3 Å². The summed E-state index contributed by atoms with van der Waals surface area (Å²) in [6.07, 6.45) is 3.39. The molecule has 2 aromatic carbocycles. The number of urea groups is 1. The number of ether oxygens (including phenoxy) is 3. The van der Waals surface area contributed by atoms with Crippen molar-refractivity contribution in [1.82, 2.24) is 15.2 Å². The van der Waals surface area contributed by atoms with Crippen molar-refractivity contribution in [3.05, 3.63) is 71.4 Å². The van der Waals surface area contributed by atoms with Crippen LogP contribution in [0.4, 0.5) is 20.7 Å². The Bertz CT molecular complexity index is 1520. The average molecular weight is 523 g/mol. The quantitative estimate of drug-likeness (QED) is 0.235. The van der Waals surface area contributed by atoms with E-state index in [0.29, 0.717) is 0 Å². The smallest absolute Gasteiger partial charge is 0.357 e. The summed E-state index contributed by atoms with van der Waals surface area (Å²) in [5, 5.41) is 21.7. The molecule has 0 spiro atoms. The zero-order chi connectivity index (χ0) is 27.2. The van der Waals surface area contributed by atoms with Gasteiger partial charge in [-0.2, -0.15) is 5.10 Å². The number of aromatic nitrogens is 3. The van der Waals surface area contributed by atoms with E-state index in [1.165, 1.54) is 13.2 Å². The number of carbonyl (C=O) groups excluding carboxylic acids is 2. The number of benzene rings is 2. The Morgan fingerprint density at radius 3 is 2.68 bits per heavy atom. The summed E-state index contributed by atoms with van der Waals surface area (Å²) in [4.78, 5) is 40.3. The summed E-state index contributed by atoms with van der Waals surface area (Å²) in [7, 11) is 1.34. The second-order valence-corrected chi connectivity index (χ2v) is 7.71. The van der Waals surface area contributed by atoms with E-state index in [2.05, 4.69) is 25.8 Å². The highest BCUT2D eigenvalue weighted by atomic mass is 19.1. The molecule has 0 aliphatic heterocycles. The van der Waals surface area contributed by atoms with Gasteiger partial charge in [0.2, 0.25) is 0 Å². The number of aromatic amines is 1. The van der Waals surface area contributed by atoms with E-state index >= 15 is 0 Å². The molecule has 0 saturated heterocycles. The first kappa shape index (κ1) is 25.9. The Morgan fingerprint density at radius 1 is 1.13 bits per heavy atom. The fourth-order valence-corrected chi connectivity index (χ4v) is 3.61. The topological polar surface area (TPSA) is 165 Å². The summed E-state index contributed by atoms with van der Waals surface area (Å²) in [6, 6.07) is 8.77. The summed E-state index contributed by atoms with van der Waals surface area (Å²) in [6.45, 7) is 1.64. The number of nitrogens with one attached hydrogen (secondary N) is 3. The molecule has 0 bridgehead atoms. The van der Waals surface area contributed by atoms with Crippen LogP contribution in [0.5, 0.6) is 11.5 Å². The first-order valence-electron chi connectivity index (χ1n) is 11.2. The Hall–Kier alpha value is -5.20. The van der Waals surface area contributed by atoms with Gasteiger partial charge in [-0.15, -0.1) is 0 Å². The number of amides is 2. The zero-order valence-corrected chi connectivity index (χ0v) is 20.2. The van der Waals surface area contributed by atoms with Gasteiger partial charge in [0.1, 0.15) is 12.2 Å². The first-order valence-corrected chi connectivity index (χ1v) is 11.2. The number of carboxylic acid groups (broad SMARTS) is 1. The predicted molar refractivity (Wildman–Crippen MR) is 133 cm³/mol. The highest BCUT2D eigenvalue weighted by Crippen LogP contribution is 2.34. The van der Waals surface area contributed by atoms with Gasteiger partial charge in [0.15, 0.2) is 28.8 Å². The van der Waals surface area contributed by atoms with E-state index in [9.17, 15) is 23.9 Å². The summed E-state index contributed by atoms with van der Waals surface area (Å²) in [5.41, 5.74) is -0.519. The average Bonchev–Trinajstić information content (AvgIpc) is 3.32. The number of pyridine rings is 1. The number of H-pyrrole nitrogens is 1. The number of carbonyl (C=O) groups is 3. The lowest BCUT2D eigenvalue weighted by Gasteiger charge is -2.15. The predicted octanol–water partition coefficient (Wildman–Crippen LogP) is 4.20. The van der Waals surface area contributed by atoms with E-state index < -0.39 is 40.9 Å². The van der Waals surface area contributed by atoms with Crippen LogP contribution in [0.1, 0.15) is 33.3 Å². The van der Waals surface area contributed by atoms with Crippen molar-refractivity contribution in [1.29, 1.82) is 0 Å². The number of esters is 1. The van der Waals surface area contributed by atoms with E-state index in [-0.39, 0.29) is 30.4 Å². The summed E-state index contributed by atoms with van der Waals surface area (Å²) in [5.74, 6) is -3.57. The summed E-state index contributed by atoms with van der Waals surface area (Å²) < 4.78 is 30.6. The number of rotatable bonds is 9. The highest BCUT2D eigenvalue weighted by molar-refractivity contribution is 6.08. The maximum Gasteiger partial charge on any atom is 0.357 e. The van der Waals surface area contributed by atoms with Crippen molar-refractivity contribution in [3.8, 4) is 11.5 Å². The second kappa shape index (κ2) is 11.2. The van der Waals surface area contributed by atoms with Crippen LogP contribution in [0.2, 0.25) is 0 Å². The van der Waals surface area contributed by atoms with Gasteiger partial charge in [-0.25, -0.2) is 18.8 Å². The number of halogens is 1. The number of hydrogen-bond acceptors (Lipinski definition) is 8. The normalized spacial score (nSPS) is 10.6. The molecule has 0 aliphatic carbocycles. The van der Waals surface area contributed by atoms with E-state index in [1.54, 1.807) is 19.3 Å². The van der Waals surface area contributed by atoms with Crippen LogP contribution >= 0.6 is 0 Å². The van der Waals surface area contributed by atoms with Crippen molar-refractivity contribution in [3.63, 3.8) is 0 Å². The van der Waals surface area contributed by atoms with Crippen LogP contribution in [0, 0.1) is 5.82 Å². The monoisotopic (exact) mass is 523 g/mol. The van der Waals surface area contributed by atoms with Crippen molar-refractivity contribution in [2.45, 2.75) is 13.5 Å². The molecule has 12 nitrogen and oxygen atoms in total. The van der Waals surface area contributed by atoms with Gasteiger partial charge in [-0.3, -0.25) is 15.4 Å². The molecular formula is C25H22FN5O7. The van der Waals surface area contributed by atoms with Crippen LogP contribution in [-0.4, -0.2) is 52.0 Å². The largest absolute Gasteiger partial charge is 0.493 e. The zero-order valence-electron chi connectivity index (χ0n) is 20.2. The standard InChI is InChI=1S/C25H22FN5O7/c1-3-37-24(34)21-20(23(32)33)22(31-30-21)29-25(35)28-17-10-19(18(36-2)9-16(17)26)38-12-14-6-4-5-13-7-8-27-11-15(13)14/h4-11H,3,12H2,1-2H3,(H,32,33)(H3,28,29,30,31,35). The van der Waals surface area contributed by atoms with Gasteiger partial charge in [-0.1, -0.05) is 18.2 Å². The van der Waals surface area contributed by atoms with Crippen molar-refractivity contribution in [2.24, 2.45) is 0 Å². The van der Waals surface area contributed by atoms with E-state index in [1.807, 2.05) is 24.3 Å². The minimum absolute atomic E-state index is 0.00129. The Kier molecular flexibility index (Phi) is 7.66.